The van der Waals surface area contributed by atoms with Crippen LogP contribution < -0.4 is 4.90 Å². The zero-order valence-corrected chi connectivity index (χ0v) is 18.1. The number of benzene rings is 3. The molecular weight excluding hydrogens is 422 g/mol. The second-order valence-electron chi connectivity index (χ2n) is 8.44. The maximum atomic E-state index is 13.7. The lowest BCUT2D eigenvalue weighted by Crippen LogP contribution is -2.44. The second-order valence-corrected chi connectivity index (χ2v) is 8.88. The molecule has 32 heavy (non-hydrogen) atoms. The molecule has 0 spiro atoms. The Hall–Kier alpha value is -3.57. The van der Waals surface area contributed by atoms with Gasteiger partial charge in [-0.05, 0) is 53.9 Å². The van der Waals surface area contributed by atoms with Crippen LogP contribution in [0.15, 0.2) is 72.8 Å². The van der Waals surface area contributed by atoms with E-state index in [1.54, 1.807) is 4.90 Å². The average Bonchev–Trinajstić information content (AvgIpc) is 3.27. The normalized spacial score (nSPS) is 20.1. The van der Waals surface area contributed by atoms with Crippen LogP contribution in [0.4, 0.5) is 10.5 Å². The van der Waals surface area contributed by atoms with E-state index in [0.717, 1.165) is 33.3 Å². The topological polar surface area (TPSA) is 56.4 Å². The molecule has 0 unspecified atom stereocenters. The van der Waals surface area contributed by atoms with Crippen molar-refractivity contribution in [3.05, 3.63) is 100 Å². The first kappa shape index (κ1) is 19.1. The summed E-state index contributed by atoms with van der Waals surface area (Å²) in [5, 5.41) is 1.68. The summed E-state index contributed by atoms with van der Waals surface area (Å²) in [4.78, 5) is 33.9. The van der Waals surface area contributed by atoms with Crippen LogP contribution in [0.25, 0.3) is 10.9 Å². The number of aryl methyl sites for hydroxylation is 1. The number of fused-ring (bicyclic) bond motifs is 4. The van der Waals surface area contributed by atoms with E-state index in [4.69, 9.17) is 11.6 Å². The maximum Gasteiger partial charge on any atom is 0.332 e. The molecule has 1 fully saturated rings. The van der Waals surface area contributed by atoms with Gasteiger partial charge in [-0.1, -0.05) is 54.1 Å². The van der Waals surface area contributed by atoms with Gasteiger partial charge in [-0.25, -0.2) is 9.69 Å². The molecule has 6 heteroatoms. The Balaban J connectivity index is 1.56. The zero-order chi connectivity index (χ0) is 22.0. The standard InChI is InChI=1S/C26H20ClN3O2/c1-15-6-4-9-18(12-15)29-25(31)22-14-20-19-10-2-3-11-21(19)28-23(20)24(30(22)26(29)32)16-7-5-8-17(27)13-16/h2-13,22,24,28H,14H2,1H3/t22-,24-/m0/s1. The third kappa shape index (κ3) is 2.71. The van der Waals surface area contributed by atoms with E-state index in [9.17, 15) is 9.59 Å². The molecule has 2 aliphatic rings. The number of anilines is 1. The van der Waals surface area contributed by atoms with Crippen molar-refractivity contribution < 1.29 is 9.59 Å². The number of aromatic amines is 1. The zero-order valence-electron chi connectivity index (χ0n) is 17.4. The SMILES string of the molecule is Cc1cccc(N2C(=O)[C@@H]3Cc4c([nH]c5ccccc45)[C@H](c4cccc(Cl)c4)N3C2=O)c1. The molecule has 3 amide bonds. The Morgan fingerprint density at radius 1 is 0.969 bits per heavy atom. The van der Waals surface area contributed by atoms with Gasteiger partial charge in [0.05, 0.1) is 5.69 Å². The summed E-state index contributed by atoms with van der Waals surface area (Å²) in [6.07, 6.45) is 0.475. The van der Waals surface area contributed by atoms with Crippen molar-refractivity contribution in [1.82, 2.24) is 9.88 Å². The lowest BCUT2D eigenvalue weighted by atomic mass is 9.89. The Morgan fingerprint density at radius 3 is 2.59 bits per heavy atom. The van der Waals surface area contributed by atoms with E-state index in [-0.39, 0.29) is 11.9 Å². The average molecular weight is 442 g/mol. The largest absolute Gasteiger partial charge is 0.356 e. The molecule has 3 heterocycles. The number of amides is 3. The van der Waals surface area contributed by atoms with Crippen molar-refractivity contribution in [3.63, 3.8) is 0 Å². The number of hydrogen-bond acceptors (Lipinski definition) is 2. The number of nitrogens with zero attached hydrogens (tertiary/aromatic N) is 2. The van der Waals surface area contributed by atoms with Crippen molar-refractivity contribution in [2.45, 2.75) is 25.4 Å². The lowest BCUT2D eigenvalue weighted by Gasteiger charge is -2.36. The molecule has 1 N–H and O–H groups in total. The second kappa shape index (κ2) is 6.97. The van der Waals surface area contributed by atoms with Crippen molar-refractivity contribution >= 4 is 40.1 Å². The predicted molar refractivity (Wildman–Crippen MR) is 125 cm³/mol. The van der Waals surface area contributed by atoms with Crippen LogP contribution in [-0.4, -0.2) is 27.9 Å². The summed E-state index contributed by atoms with van der Waals surface area (Å²) in [6, 6.07) is 21.8. The van der Waals surface area contributed by atoms with Crippen LogP contribution in [0, 0.1) is 6.92 Å². The fourth-order valence-corrected chi connectivity index (χ4v) is 5.30. The number of rotatable bonds is 2. The molecule has 1 saturated heterocycles. The number of imide groups is 1. The highest BCUT2D eigenvalue weighted by Crippen LogP contribution is 2.45. The van der Waals surface area contributed by atoms with E-state index in [2.05, 4.69) is 11.1 Å². The van der Waals surface area contributed by atoms with Gasteiger partial charge in [0.25, 0.3) is 5.91 Å². The third-order valence-electron chi connectivity index (χ3n) is 6.47. The summed E-state index contributed by atoms with van der Waals surface area (Å²) in [7, 11) is 0. The number of carbonyl (C=O) groups is 2. The van der Waals surface area contributed by atoms with Gasteiger partial charge in [0.2, 0.25) is 0 Å². The summed E-state index contributed by atoms with van der Waals surface area (Å²) in [5.41, 5.74) is 5.50. The third-order valence-corrected chi connectivity index (χ3v) is 6.71. The Bertz CT molecular complexity index is 1410. The van der Waals surface area contributed by atoms with E-state index in [0.29, 0.717) is 17.1 Å². The summed E-state index contributed by atoms with van der Waals surface area (Å²) < 4.78 is 0. The number of urea groups is 1. The lowest BCUT2D eigenvalue weighted by molar-refractivity contribution is -0.120. The number of nitrogens with one attached hydrogen (secondary N) is 1. The predicted octanol–water partition coefficient (Wildman–Crippen LogP) is 5.61. The summed E-state index contributed by atoms with van der Waals surface area (Å²) in [5.74, 6) is -0.191. The van der Waals surface area contributed by atoms with Crippen LogP contribution in [-0.2, 0) is 11.2 Å². The smallest absolute Gasteiger partial charge is 0.332 e. The number of para-hydroxylation sites is 1. The van der Waals surface area contributed by atoms with Crippen LogP contribution in [0.5, 0.6) is 0 Å². The van der Waals surface area contributed by atoms with Crippen LogP contribution in [0.1, 0.15) is 28.4 Å². The molecule has 158 valence electrons. The molecule has 3 aromatic carbocycles. The van der Waals surface area contributed by atoms with Gasteiger partial charge in [-0.3, -0.25) is 9.69 Å². The van der Waals surface area contributed by atoms with Gasteiger partial charge in [0.1, 0.15) is 12.1 Å². The molecule has 6 rings (SSSR count). The highest BCUT2D eigenvalue weighted by molar-refractivity contribution is 6.30. The molecule has 0 aliphatic carbocycles. The molecule has 2 atom stereocenters. The fraction of sp³-hybridized carbons (Fsp3) is 0.154. The highest BCUT2D eigenvalue weighted by Gasteiger charge is 2.53. The van der Waals surface area contributed by atoms with E-state index in [1.807, 2.05) is 73.7 Å². The van der Waals surface area contributed by atoms with Crippen molar-refractivity contribution in [2.24, 2.45) is 0 Å². The molecular formula is C26H20ClN3O2. The Morgan fingerprint density at radius 2 is 1.78 bits per heavy atom. The first-order valence-electron chi connectivity index (χ1n) is 10.6. The maximum absolute atomic E-state index is 13.7. The van der Waals surface area contributed by atoms with Crippen molar-refractivity contribution in [3.8, 4) is 0 Å². The monoisotopic (exact) mass is 441 g/mol. The quantitative estimate of drug-likeness (QED) is 0.411. The van der Waals surface area contributed by atoms with E-state index < -0.39 is 12.1 Å². The summed E-state index contributed by atoms with van der Waals surface area (Å²) in [6.45, 7) is 1.95. The molecule has 1 aromatic heterocycles. The Kier molecular flexibility index (Phi) is 4.17. The molecule has 5 nitrogen and oxygen atoms in total. The molecule has 4 aromatic rings. The van der Waals surface area contributed by atoms with Crippen molar-refractivity contribution in [1.29, 1.82) is 0 Å². The highest BCUT2D eigenvalue weighted by atomic mass is 35.5. The van der Waals surface area contributed by atoms with Gasteiger partial charge in [0.15, 0.2) is 0 Å². The summed E-state index contributed by atoms with van der Waals surface area (Å²) >= 11 is 6.33. The fourth-order valence-electron chi connectivity index (χ4n) is 5.10. The number of aromatic nitrogens is 1. The minimum atomic E-state index is -0.571. The van der Waals surface area contributed by atoms with Gasteiger partial charge in [-0.2, -0.15) is 0 Å². The van der Waals surface area contributed by atoms with Gasteiger partial charge in [-0.15, -0.1) is 0 Å². The number of hydrogen-bond donors (Lipinski definition) is 1. The minimum Gasteiger partial charge on any atom is -0.356 e. The molecule has 0 bridgehead atoms. The number of H-pyrrole nitrogens is 1. The van der Waals surface area contributed by atoms with Crippen molar-refractivity contribution in [2.75, 3.05) is 4.90 Å². The van der Waals surface area contributed by atoms with E-state index in [1.165, 1.54) is 4.90 Å². The number of carbonyl (C=O) groups excluding carboxylic acids is 2. The van der Waals surface area contributed by atoms with Gasteiger partial charge >= 0.3 is 6.03 Å². The first-order chi connectivity index (χ1) is 15.5. The van der Waals surface area contributed by atoms with Crippen LogP contribution >= 0.6 is 11.6 Å². The Labute approximate surface area is 190 Å². The molecule has 0 saturated carbocycles. The van der Waals surface area contributed by atoms with Crippen LogP contribution in [0.2, 0.25) is 5.02 Å². The first-order valence-corrected chi connectivity index (χ1v) is 11.0. The van der Waals surface area contributed by atoms with E-state index >= 15 is 0 Å². The molecule has 2 aliphatic heterocycles. The van der Waals surface area contributed by atoms with Gasteiger partial charge < -0.3 is 4.98 Å². The van der Waals surface area contributed by atoms with Crippen LogP contribution in [0.3, 0.4) is 0 Å². The minimum absolute atomic E-state index is 0.191. The van der Waals surface area contributed by atoms with Gasteiger partial charge in [0, 0.05) is 28.0 Å². The number of halogens is 1. The molecule has 0 radical (unpaired) electrons.